The maximum absolute atomic E-state index is 13.0. The molecule has 3 heterocycles. The van der Waals surface area contributed by atoms with Crippen LogP contribution in [-0.2, 0) is 12.7 Å². The molecule has 0 atom stereocenters. The number of imidazole rings is 1. The molecule has 0 radical (unpaired) electrons. The Labute approximate surface area is 201 Å². The Kier molecular flexibility index (Phi) is 6.29. The number of rotatable bonds is 4. The van der Waals surface area contributed by atoms with E-state index in [-0.39, 0.29) is 0 Å². The maximum atomic E-state index is 13.0. The van der Waals surface area contributed by atoms with Crippen LogP contribution in [-0.4, -0.2) is 40.5 Å². The van der Waals surface area contributed by atoms with Crippen molar-refractivity contribution < 1.29 is 13.2 Å². The number of aromatic nitrogens is 2. The van der Waals surface area contributed by atoms with E-state index in [0.29, 0.717) is 17.7 Å². The van der Waals surface area contributed by atoms with E-state index in [1.807, 2.05) is 34.9 Å². The predicted molar refractivity (Wildman–Crippen MR) is 129 cm³/mol. The summed E-state index contributed by atoms with van der Waals surface area (Å²) in [6.07, 6.45) is -1.36. The molecule has 0 aliphatic carbocycles. The van der Waals surface area contributed by atoms with Gasteiger partial charge >= 0.3 is 6.18 Å². The van der Waals surface area contributed by atoms with Crippen LogP contribution in [0.15, 0.2) is 66.9 Å². The normalized spacial score (nSPS) is 15.1. The van der Waals surface area contributed by atoms with Crippen LogP contribution in [0.2, 0.25) is 0 Å². The Morgan fingerprint density at radius 2 is 1.60 bits per heavy atom. The number of alkyl halides is 3. The fourth-order valence-electron chi connectivity index (χ4n) is 4.47. The molecule has 0 saturated carbocycles. The largest absolute Gasteiger partial charge is 0.416 e. The number of nitrogens with zero attached hydrogens (tertiary/aromatic N) is 4. The molecular weight excluding hydrogens is 451 g/mol. The molecule has 2 aromatic heterocycles. The molecule has 0 amide bonds. The van der Waals surface area contributed by atoms with Gasteiger partial charge in [0.05, 0.1) is 28.6 Å². The quantitative estimate of drug-likeness (QED) is 0.432. The molecule has 4 aromatic rings. The second kappa shape index (κ2) is 9.53. The van der Waals surface area contributed by atoms with Crippen molar-refractivity contribution in [3.63, 3.8) is 0 Å². The van der Waals surface area contributed by atoms with E-state index in [1.54, 1.807) is 12.1 Å². The lowest BCUT2D eigenvalue weighted by Gasteiger charge is -2.20. The average molecular weight is 476 g/mol. The van der Waals surface area contributed by atoms with Crippen LogP contribution < -0.4 is 5.32 Å². The molecule has 0 bridgehead atoms. The topological polar surface area (TPSA) is 56.4 Å². The zero-order valence-corrected chi connectivity index (χ0v) is 19.0. The van der Waals surface area contributed by atoms with Crippen LogP contribution in [0.3, 0.4) is 0 Å². The van der Waals surface area contributed by atoms with Gasteiger partial charge in [0.1, 0.15) is 5.65 Å². The van der Waals surface area contributed by atoms with E-state index in [4.69, 9.17) is 10.2 Å². The van der Waals surface area contributed by atoms with Crippen LogP contribution >= 0.6 is 0 Å². The summed E-state index contributed by atoms with van der Waals surface area (Å²) in [5.41, 5.74) is 4.99. The summed E-state index contributed by atoms with van der Waals surface area (Å²) in [5.74, 6) is 0. The van der Waals surface area contributed by atoms with Crippen molar-refractivity contribution in [1.29, 1.82) is 5.26 Å². The molecule has 1 aliphatic heterocycles. The van der Waals surface area contributed by atoms with Gasteiger partial charge in [0.2, 0.25) is 0 Å². The Morgan fingerprint density at radius 1 is 0.886 bits per heavy atom. The highest BCUT2D eigenvalue weighted by Crippen LogP contribution is 2.32. The van der Waals surface area contributed by atoms with Gasteiger partial charge in [0.15, 0.2) is 0 Å². The van der Waals surface area contributed by atoms with E-state index in [1.165, 1.54) is 12.1 Å². The molecule has 1 aliphatic rings. The second-order valence-corrected chi connectivity index (χ2v) is 8.70. The van der Waals surface area contributed by atoms with Gasteiger partial charge in [-0.3, -0.25) is 4.90 Å². The maximum Gasteiger partial charge on any atom is 0.416 e. The summed E-state index contributed by atoms with van der Waals surface area (Å²) < 4.78 is 41.1. The van der Waals surface area contributed by atoms with Gasteiger partial charge in [0, 0.05) is 31.4 Å². The molecule has 0 spiro atoms. The van der Waals surface area contributed by atoms with Crippen molar-refractivity contribution in [1.82, 2.24) is 19.6 Å². The van der Waals surface area contributed by atoms with E-state index in [0.717, 1.165) is 72.9 Å². The van der Waals surface area contributed by atoms with E-state index in [2.05, 4.69) is 16.3 Å². The minimum absolute atomic E-state index is 0.585. The first-order chi connectivity index (χ1) is 16.9. The molecule has 1 N–H and O–H groups in total. The van der Waals surface area contributed by atoms with Crippen molar-refractivity contribution in [2.75, 3.05) is 26.2 Å². The van der Waals surface area contributed by atoms with Gasteiger partial charge in [0.25, 0.3) is 0 Å². The third-order valence-electron chi connectivity index (χ3n) is 6.36. The summed E-state index contributed by atoms with van der Waals surface area (Å²) in [4.78, 5) is 7.29. The lowest BCUT2D eigenvalue weighted by atomic mass is 10.1. The lowest BCUT2D eigenvalue weighted by Crippen LogP contribution is -2.28. The van der Waals surface area contributed by atoms with E-state index < -0.39 is 11.7 Å². The average Bonchev–Trinajstić information content (AvgIpc) is 3.02. The Hall–Kier alpha value is -3.67. The van der Waals surface area contributed by atoms with E-state index in [9.17, 15) is 13.2 Å². The van der Waals surface area contributed by atoms with Crippen LogP contribution in [0.1, 0.15) is 23.2 Å². The Balaban J connectivity index is 1.58. The molecule has 178 valence electrons. The number of nitriles is 1. The molecule has 8 heteroatoms. The van der Waals surface area contributed by atoms with Crippen LogP contribution in [0.25, 0.3) is 28.0 Å². The first kappa shape index (κ1) is 23.1. The van der Waals surface area contributed by atoms with Crippen molar-refractivity contribution in [2.24, 2.45) is 0 Å². The second-order valence-electron chi connectivity index (χ2n) is 8.70. The fourth-order valence-corrected chi connectivity index (χ4v) is 4.47. The first-order valence-electron chi connectivity index (χ1n) is 11.5. The van der Waals surface area contributed by atoms with Gasteiger partial charge in [-0.1, -0.05) is 24.3 Å². The van der Waals surface area contributed by atoms with Crippen molar-refractivity contribution in [2.45, 2.75) is 19.1 Å². The molecule has 5 rings (SSSR count). The number of hydrogen-bond acceptors (Lipinski definition) is 4. The number of nitrogens with one attached hydrogen (secondary N) is 1. The number of halogens is 3. The first-order valence-corrected chi connectivity index (χ1v) is 11.5. The smallest absolute Gasteiger partial charge is 0.315 e. The Morgan fingerprint density at radius 3 is 2.31 bits per heavy atom. The van der Waals surface area contributed by atoms with Crippen molar-refractivity contribution in [3.8, 4) is 28.5 Å². The monoisotopic (exact) mass is 475 g/mol. The lowest BCUT2D eigenvalue weighted by molar-refractivity contribution is -0.137. The molecule has 1 saturated heterocycles. The summed E-state index contributed by atoms with van der Waals surface area (Å²) in [6.45, 7) is 4.48. The summed E-state index contributed by atoms with van der Waals surface area (Å²) in [7, 11) is 0. The van der Waals surface area contributed by atoms with Gasteiger partial charge in [-0.05, 0) is 67.0 Å². The van der Waals surface area contributed by atoms with Gasteiger partial charge in [-0.15, -0.1) is 0 Å². The highest BCUT2D eigenvalue weighted by molar-refractivity contribution is 5.70. The minimum atomic E-state index is -4.36. The number of benzene rings is 2. The number of pyridine rings is 1. The van der Waals surface area contributed by atoms with Gasteiger partial charge in [-0.2, -0.15) is 18.4 Å². The summed E-state index contributed by atoms with van der Waals surface area (Å²) in [5, 5.41) is 12.6. The molecule has 2 aromatic carbocycles. The van der Waals surface area contributed by atoms with Crippen LogP contribution in [0, 0.1) is 11.3 Å². The highest BCUT2D eigenvalue weighted by Gasteiger charge is 2.30. The standard InChI is InChI=1S/C27H24F3N5/c28-27(29,30)23-9-6-20(7-10-23)22-8-11-25-33-26(21-4-2-19(16-31)3-5-21)24(35(25)17-22)18-34-14-1-12-32-13-15-34/h2-11,17,32H,1,12-15,18H2. The minimum Gasteiger partial charge on any atom is -0.315 e. The van der Waals surface area contributed by atoms with Crippen LogP contribution in [0.5, 0.6) is 0 Å². The molecule has 5 nitrogen and oxygen atoms in total. The van der Waals surface area contributed by atoms with Crippen molar-refractivity contribution in [3.05, 3.63) is 83.7 Å². The highest BCUT2D eigenvalue weighted by atomic mass is 19.4. The zero-order valence-electron chi connectivity index (χ0n) is 19.0. The number of fused-ring (bicyclic) bond motifs is 1. The third kappa shape index (κ3) is 4.92. The Bertz CT molecular complexity index is 1360. The predicted octanol–water partition coefficient (Wildman–Crippen LogP) is 5.35. The molecular formula is C27H24F3N5. The molecule has 1 fully saturated rings. The van der Waals surface area contributed by atoms with Gasteiger partial charge < -0.3 is 9.72 Å². The summed E-state index contributed by atoms with van der Waals surface area (Å²) >= 11 is 0. The third-order valence-corrected chi connectivity index (χ3v) is 6.36. The van der Waals surface area contributed by atoms with Gasteiger partial charge in [-0.25, -0.2) is 4.98 Å². The van der Waals surface area contributed by atoms with E-state index >= 15 is 0 Å². The fraction of sp³-hybridized carbons (Fsp3) is 0.259. The number of hydrogen-bond donors (Lipinski definition) is 1. The SMILES string of the molecule is N#Cc1ccc(-c2nc3ccc(-c4ccc(C(F)(F)F)cc4)cn3c2CN2CCCNCC2)cc1. The van der Waals surface area contributed by atoms with Crippen molar-refractivity contribution >= 4 is 5.65 Å². The molecule has 35 heavy (non-hydrogen) atoms. The summed E-state index contributed by atoms with van der Waals surface area (Å²) in [6, 6.07) is 18.5. The zero-order chi connectivity index (χ0) is 24.4. The molecule has 0 unspecified atom stereocenters. The van der Waals surface area contributed by atoms with Crippen LogP contribution in [0.4, 0.5) is 13.2 Å².